The van der Waals surface area contributed by atoms with Crippen LogP contribution in [0.25, 0.3) is 0 Å². The predicted octanol–water partition coefficient (Wildman–Crippen LogP) is 4.07. The van der Waals surface area contributed by atoms with Crippen LogP contribution in [0, 0.1) is 5.92 Å². The zero-order chi connectivity index (χ0) is 16.8. The summed E-state index contributed by atoms with van der Waals surface area (Å²) in [4.78, 5) is 25.1. The predicted molar refractivity (Wildman–Crippen MR) is 96.0 cm³/mol. The maximum absolute atomic E-state index is 12.4. The van der Waals surface area contributed by atoms with Gasteiger partial charge in [-0.2, -0.15) is 0 Å². The lowest BCUT2D eigenvalue weighted by Crippen LogP contribution is -2.32. The van der Waals surface area contributed by atoms with Crippen molar-refractivity contribution in [2.24, 2.45) is 5.92 Å². The number of carbonyl (C=O) groups is 2. The Kier molecular flexibility index (Phi) is 6.51. The van der Waals surface area contributed by atoms with Gasteiger partial charge in [0.25, 0.3) is 5.91 Å². The van der Waals surface area contributed by atoms with E-state index in [2.05, 4.69) is 24.5 Å². The standard InChI is InChI=1S/C18H26N2O2S/c1-12(2)5-4-6-13(3)19-18(22)14-7-8-16-15(11-14)20-17(21)9-10-23-16/h7-8,11-13H,4-6,9-10H2,1-3H3,(H,19,22)(H,20,21)/t13-/m1/s1. The third-order valence-corrected chi connectivity index (χ3v) is 4.97. The summed E-state index contributed by atoms with van der Waals surface area (Å²) in [6.07, 6.45) is 3.80. The molecule has 0 unspecified atom stereocenters. The number of carbonyl (C=O) groups excluding carboxylic acids is 2. The molecule has 0 bridgehead atoms. The fraction of sp³-hybridized carbons (Fsp3) is 0.556. The second kappa shape index (κ2) is 8.39. The molecule has 1 aliphatic rings. The fourth-order valence-corrected chi connectivity index (χ4v) is 3.51. The van der Waals surface area contributed by atoms with Gasteiger partial charge in [-0.25, -0.2) is 0 Å². The van der Waals surface area contributed by atoms with Gasteiger partial charge in [-0.3, -0.25) is 9.59 Å². The highest BCUT2D eigenvalue weighted by atomic mass is 32.2. The summed E-state index contributed by atoms with van der Waals surface area (Å²) in [6.45, 7) is 6.47. The lowest BCUT2D eigenvalue weighted by atomic mass is 10.0. The van der Waals surface area contributed by atoms with Crippen LogP contribution in [0.2, 0.25) is 0 Å². The molecule has 5 heteroatoms. The van der Waals surface area contributed by atoms with E-state index in [1.54, 1.807) is 17.8 Å². The van der Waals surface area contributed by atoms with Crippen LogP contribution in [0.4, 0.5) is 5.69 Å². The zero-order valence-corrected chi connectivity index (χ0v) is 15.0. The van der Waals surface area contributed by atoms with Crippen LogP contribution in [-0.2, 0) is 4.79 Å². The van der Waals surface area contributed by atoms with Crippen molar-refractivity contribution in [2.75, 3.05) is 11.1 Å². The topological polar surface area (TPSA) is 58.2 Å². The van der Waals surface area contributed by atoms with Crippen LogP contribution in [0.1, 0.15) is 56.8 Å². The zero-order valence-electron chi connectivity index (χ0n) is 14.1. The third kappa shape index (κ3) is 5.57. The molecule has 1 aromatic carbocycles. The summed E-state index contributed by atoms with van der Waals surface area (Å²) in [7, 11) is 0. The number of fused-ring (bicyclic) bond motifs is 1. The van der Waals surface area contributed by atoms with Crippen LogP contribution in [0.15, 0.2) is 23.1 Å². The van der Waals surface area contributed by atoms with Gasteiger partial charge in [-0.05, 0) is 37.5 Å². The fourth-order valence-electron chi connectivity index (χ4n) is 2.57. The molecule has 2 N–H and O–H groups in total. The van der Waals surface area contributed by atoms with E-state index < -0.39 is 0 Å². The Balaban J connectivity index is 1.96. The average Bonchev–Trinajstić information content (AvgIpc) is 2.66. The quantitative estimate of drug-likeness (QED) is 0.824. The Hall–Kier alpha value is -1.49. The van der Waals surface area contributed by atoms with Crippen molar-refractivity contribution in [1.82, 2.24) is 5.32 Å². The Morgan fingerprint density at radius 3 is 2.83 bits per heavy atom. The van der Waals surface area contributed by atoms with Crippen molar-refractivity contribution in [3.8, 4) is 0 Å². The second-order valence-corrected chi connectivity index (χ2v) is 7.69. The van der Waals surface area contributed by atoms with Gasteiger partial charge in [-0.1, -0.05) is 26.7 Å². The Morgan fingerprint density at radius 1 is 1.30 bits per heavy atom. The van der Waals surface area contributed by atoms with Crippen LogP contribution < -0.4 is 10.6 Å². The molecule has 1 atom stereocenters. The molecule has 23 heavy (non-hydrogen) atoms. The molecule has 4 nitrogen and oxygen atoms in total. The first-order valence-electron chi connectivity index (χ1n) is 8.33. The van der Waals surface area contributed by atoms with Crippen molar-refractivity contribution in [2.45, 2.75) is 57.4 Å². The van der Waals surface area contributed by atoms with Crippen molar-refractivity contribution < 1.29 is 9.59 Å². The Labute approximate surface area is 142 Å². The molecule has 2 amide bonds. The molecule has 0 fully saturated rings. The lowest BCUT2D eigenvalue weighted by molar-refractivity contribution is -0.115. The Bertz CT molecular complexity index is 572. The van der Waals surface area contributed by atoms with E-state index in [1.165, 1.54) is 6.42 Å². The molecule has 0 saturated heterocycles. The number of rotatable bonds is 6. The number of hydrogen-bond donors (Lipinski definition) is 2. The average molecular weight is 334 g/mol. The van der Waals surface area contributed by atoms with E-state index in [0.29, 0.717) is 17.9 Å². The molecule has 1 aliphatic heterocycles. The van der Waals surface area contributed by atoms with Crippen LogP contribution >= 0.6 is 11.8 Å². The summed E-state index contributed by atoms with van der Waals surface area (Å²) < 4.78 is 0. The molecule has 126 valence electrons. The van der Waals surface area contributed by atoms with Gasteiger partial charge in [0.05, 0.1) is 5.69 Å². The normalized spacial score (nSPS) is 15.6. The highest BCUT2D eigenvalue weighted by Gasteiger charge is 2.16. The minimum Gasteiger partial charge on any atom is -0.350 e. The van der Waals surface area contributed by atoms with Crippen LogP contribution in [0.5, 0.6) is 0 Å². The van der Waals surface area contributed by atoms with Gasteiger partial charge in [0, 0.05) is 28.7 Å². The van der Waals surface area contributed by atoms with Gasteiger partial charge < -0.3 is 10.6 Å². The number of benzene rings is 1. The summed E-state index contributed by atoms with van der Waals surface area (Å²) in [5, 5.41) is 5.92. The second-order valence-electron chi connectivity index (χ2n) is 6.56. The van der Waals surface area contributed by atoms with E-state index in [0.717, 1.165) is 29.2 Å². The van der Waals surface area contributed by atoms with E-state index in [-0.39, 0.29) is 17.9 Å². The smallest absolute Gasteiger partial charge is 0.251 e. The number of nitrogens with one attached hydrogen (secondary N) is 2. The molecule has 0 aliphatic carbocycles. The van der Waals surface area contributed by atoms with Gasteiger partial charge in [0.1, 0.15) is 0 Å². The summed E-state index contributed by atoms with van der Waals surface area (Å²) in [5.41, 5.74) is 1.35. The lowest BCUT2D eigenvalue weighted by Gasteiger charge is -2.15. The van der Waals surface area contributed by atoms with Gasteiger partial charge in [0.15, 0.2) is 0 Å². The molecule has 0 radical (unpaired) electrons. The van der Waals surface area contributed by atoms with Crippen molar-refractivity contribution in [3.63, 3.8) is 0 Å². The van der Waals surface area contributed by atoms with E-state index in [9.17, 15) is 9.59 Å². The van der Waals surface area contributed by atoms with E-state index in [1.807, 2.05) is 19.1 Å². The molecule has 1 heterocycles. The van der Waals surface area contributed by atoms with Gasteiger partial charge in [-0.15, -0.1) is 11.8 Å². The molecule has 0 saturated carbocycles. The summed E-state index contributed by atoms with van der Waals surface area (Å²) in [5.74, 6) is 1.41. The number of amides is 2. The van der Waals surface area contributed by atoms with Gasteiger partial charge in [0.2, 0.25) is 5.91 Å². The number of hydrogen-bond acceptors (Lipinski definition) is 3. The maximum atomic E-state index is 12.4. The molecule has 1 aromatic rings. The largest absolute Gasteiger partial charge is 0.350 e. The van der Waals surface area contributed by atoms with Crippen molar-refractivity contribution in [1.29, 1.82) is 0 Å². The molecular weight excluding hydrogens is 308 g/mol. The van der Waals surface area contributed by atoms with Crippen LogP contribution in [-0.4, -0.2) is 23.6 Å². The molecular formula is C18H26N2O2S. The maximum Gasteiger partial charge on any atom is 0.251 e. The van der Waals surface area contributed by atoms with Crippen molar-refractivity contribution >= 4 is 29.3 Å². The summed E-state index contributed by atoms with van der Waals surface area (Å²) in [6, 6.07) is 5.69. The highest BCUT2D eigenvalue weighted by Crippen LogP contribution is 2.31. The SMILES string of the molecule is CC(C)CCC[C@@H](C)NC(=O)c1ccc2c(c1)NC(=O)CCS2. The van der Waals surface area contributed by atoms with Crippen LogP contribution in [0.3, 0.4) is 0 Å². The Morgan fingerprint density at radius 2 is 2.09 bits per heavy atom. The molecule has 2 rings (SSSR count). The number of anilines is 1. The first kappa shape index (κ1) is 17.9. The van der Waals surface area contributed by atoms with E-state index >= 15 is 0 Å². The third-order valence-electron chi connectivity index (χ3n) is 3.90. The molecule has 0 spiro atoms. The van der Waals surface area contributed by atoms with E-state index in [4.69, 9.17) is 0 Å². The monoisotopic (exact) mass is 334 g/mol. The first-order valence-corrected chi connectivity index (χ1v) is 9.32. The van der Waals surface area contributed by atoms with Gasteiger partial charge >= 0.3 is 0 Å². The molecule has 0 aromatic heterocycles. The minimum atomic E-state index is -0.0756. The summed E-state index contributed by atoms with van der Waals surface area (Å²) >= 11 is 1.65. The minimum absolute atomic E-state index is 0.0101. The van der Waals surface area contributed by atoms with Crippen molar-refractivity contribution in [3.05, 3.63) is 23.8 Å². The highest BCUT2D eigenvalue weighted by molar-refractivity contribution is 7.99. The first-order chi connectivity index (χ1) is 11.0. The number of thioether (sulfide) groups is 1.